The lowest BCUT2D eigenvalue weighted by Gasteiger charge is -2.29. The number of likely N-dealkylation sites (N-methyl/N-ethyl adjacent to an activating group) is 1. The first kappa shape index (κ1) is 16.3. The van der Waals surface area contributed by atoms with Crippen molar-refractivity contribution >= 4 is 23.2 Å². The van der Waals surface area contributed by atoms with Crippen LogP contribution in [0.2, 0.25) is 0 Å². The van der Waals surface area contributed by atoms with E-state index in [4.69, 9.17) is 14.2 Å². The lowest BCUT2D eigenvalue weighted by molar-refractivity contribution is -0.125. The summed E-state index contributed by atoms with van der Waals surface area (Å²) in [4.78, 5) is 26.1. The van der Waals surface area contributed by atoms with Crippen LogP contribution < -0.4 is 24.4 Å². The maximum Gasteiger partial charge on any atom is 0.269 e. The summed E-state index contributed by atoms with van der Waals surface area (Å²) < 4.78 is 16.7. The summed E-state index contributed by atoms with van der Waals surface area (Å²) in [6.07, 6.45) is -0.749. The van der Waals surface area contributed by atoms with Gasteiger partial charge in [-0.2, -0.15) is 0 Å². The molecule has 0 spiro atoms. The van der Waals surface area contributed by atoms with Crippen LogP contribution in [0.4, 0.5) is 11.4 Å². The van der Waals surface area contributed by atoms with Crippen molar-refractivity contribution in [2.75, 3.05) is 30.0 Å². The molecule has 1 atom stereocenters. The second kappa shape index (κ2) is 6.59. The number of fused-ring (bicyclic) bond motifs is 2. The van der Waals surface area contributed by atoms with Crippen LogP contribution >= 0.6 is 0 Å². The number of rotatable bonds is 3. The Labute approximate surface area is 150 Å². The van der Waals surface area contributed by atoms with E-state index in [-0.39, 0.29) is 25.0 Å². The highest BCUT2D eigenvalue weighted by Crippen LogP contribution is 2.35. The number of nitrogens with one attached hydrogen (secondary N) is 1. The molecule has 0 saturated heterocycles. The highest BCUT2D eigenvalue weighted by molar-refractivity contribution is 6.00. The Morgan fingerprint density at radius 1 is 1.15 bits per heavy atom. The highest BCUT2D eigenvalue weighted by atomic mass is 16.6. The molecule has 0 saturated carbocycles. The molecule has 0 aromatic heterocycles. The smallest absolute Gasteiger partial charge is 0.269 e. The van der Waals surface area contributed by atoms with Gasteiger partial charge in [-0.3, -0.25) is 9.59 Å². The van der Waals surface area contributed by atoms with Gasteiger partial charge in [-0.25, -0.2) is 0 Å². The van der Waals surface area contributed by atoms with E-state index in [1.54, 1.807) is 35.2 Å². The van der Waals surface area contributed by atoms with E-state index in [2.05, 4.69) is 5.32 Å². The third-order valence-electron chi connectivity index (χ3n) is 4.29. The Hall–Kier alpha value is -3.22. The highest BCUT2D eigenvalue weighted by Gasteiger charge is 2.28. The predicted molar refractivity (Wildman–Crippen MR) is 94.9 cm³/mol. The van der Waals surface area contributed by atoms with Crippen LogP contribution in [0.1, 0.15) is 6.92 Å². The molecule has 2 amide bonds. The lowest BCUT2D eigenvalue weighted by Crippen LogP contribution is -2.40. The number of carbonyl (C=O) groups excluding carboxylic acids is 2. The van der Waals surface area contributed by atoms with Crippen LogP contribution in [0.25, 0.3) is 0 Å². The SMILES string of the molecule is CCN1C(=O)COc2ccc(NC(=O)[C@@H]3COc4ccccc4O3)cc21. The van der Waals surface area contributed by atoms with Crippen LogP contribution in [0.5, 0.6) is 17.2 Å². The number of amides is 2. The number of nitrogens with zero attached hydrogens (tertiary/aromatic N) is 1. The molecule has 26 heavy (non-hydrogen) atoms. The van der Waals surface area contributed by atoms with Crippen LogP contribution in [0.3, 0.4) is 0 Å². The monoisotopic (exact) mass is 354 g/mol. The van der Waals surface area contributed by atoms with Crippen LogP contribution in [0, 0.1) is 0 Å². The van der Waals surface area contributed by atoms with Crippen molar-refractivity contribution in [2.24, 2.45) is 0 Å². The molecule has 0 fully saturated rings. The molecule has 7 nitrogen and oxygen atoms in total. The number of hydrogen-bond donors (Lipinski definition) is 1. The van der Waals surface area contributed by atoms with E-state index < -0.39 is 6.10 Å². The van der Waals surface area contributed by atoms with Gasteiger partial charge in [0.2, 0.25) is 6.10 Å². The number of benzene rings is 2. The molecule has 134 valence electrons. The summed E-state index contributed by atoms with van der Waals surface area (Å²) in [5.41, 5.74) is 1.21. The average Bonchev–Trinajstić information content (AvgIpc) is 2.67. The molecule has 4 rings (SSSR count). The Bertz CT molecular complexity index is 867. The van der Waals surface area contributed by atoms with Crippen molar-refractivity contribution in [2.45, 2.75) is 13.0 Å². The zero-order chi connectivity index (χ0) is 18.1. The van der Waals surface area contributed by atoms with Crippen LogP contribution in [-0.2, 0) is 9.59 Å². The van der Waals surface area contributed by atoms with Crippen LogP contribution in [-0.4, -0.2) is 37.7 Å². The van der Waals surface area contributed by atoms with Gasteiger partial charge in [0.25, 0.3) is 11.8 Å². The van der Waals surface area contributed by atoms with E-state index in [1.807, 2.05) is 19.1 Å². The molecule has 1 N–H and O–H groups in total. The zero-order valence-electron chi connectivity index (χ0n) is 14.2. The molecule has 0 bridgehead atoms. The van der Waals surface area contributed by atoms with Crippen molar-refractivity contribution in [3.8, 4) is 17.2 Å². The Morgan fingerprint density at radius 2 is 1.96 bits per heavy atom. The second-order valence-electron chi connectivity index (χ2n) is 5.96. The Balaban J connectivity index is 1.50. The van der Waals surface area contributed by atoms with Gasteiger partial charge in [0.05, 0.1) is 5.69 Å². The third-order valence-corrected chi connectivity index (χ3v) is 4.29. The van der Waals surface area contributed by atoms with Gasteiger partial charge < -0.3 is 24.4 Å². The maximum atomic E-state index is 12.5. The van der Waals surface area contributed by atoms with Crippen molar-refractivity contribution in [1.29, 1.82) is 0 Å². The van der Waals surface area contributed by atoms with Gasteiger partial charge >= 0.3 is 0 Å². The fourth-order valence-corrected chi connectivity index (χ4v) is 3.00. The molecule has 2 heterocycles. The van der Waals surface area contributed by atoms with E-state index >= 15 is 0 Å². The topological polar surface area (TPSA) is 77.1 Å². The van der Waals surface area contributed by atoms with E-state index in [0.29, 0.717) is 35.2 Å². The summed E-state index contributed by atoms with van der Waals surface area (Å²) in [6.45, 7) is 2.58. The normalized spacial score (nSPS) is 18.0. The second-order valence-corrected chi connectivity index (χ2v) is 5.96. The van der Waals surface area contributed by atoms with Gasteiger partial charge in [-0.05, 0) is 37.3 Å². The molecule has 7 heteroatoms. The first-order valence-electron chi connectivity index (χ1n) is 8.42. The number of ether oxygens (including phenoxy) is 3. The van der Waals surface area contributed by atoms with Crippen molar-refractivity contribution in [3.63, 3.8) is 0 Å². The van der Waals surface area contributed by atoms with Crippen LogP contribution in [0.15, 0.2) is 42.5 Å². The molecule has 2 aliphatic rings. The van der Waals surface area contributed by atoms with E-state index in [1.165, 1.54) is 0 Å². The van der Waals surface area contributed by atoms with Gasteiger partial charge in [0, 0.05) is 12.2 Å². The van der Waals surface area contributed by atoms with Crippen molar-refractivity contribution in [3.05, 3.63) is 42.5 Å². The summed E-state index contributed by atoms with van der Waals surface area (Å²) in [5, 5.41) is 2.81. The number of carbonyl (C=O) groups is 2. The molecule has 0 aliphatic carbocycles. The van der Waals surface area contributed by atoms with Gasteiger partial charge in [0.15, 0.2) is 18.1 Å². The number of para-hydroxylation sites is 2. The number of anilines is 2. The summed E-state index contributed by atoms with van der Waals surface area (Å²) >= 11 is 0. The zero-order valence-corrected chi connectivity index (χ0v) is 14.2. The summed E-state index contributed by atoms with van der Waals surface area (Å²) in [5.74, 6) is 1.37. The fraction of sp³-hybridized carbons (Fsp3) is 0.263. The Kier molecular flexibility index (Phi) is 4.12. The van der Waals surface area contributed by atoms with Crippen molar-refractivity contribution < 1.29 is 23.8 Å². The van der Waals surface area contributed by atoms with Gasteiger partial charge in [-0.1, -0.05) is 12.1 Å². The molecule has 0 unspecified atom stereocenters. The van der Waals surface area contributed by atoms with Gasteiger partial charge in [-0.15, -0.1) is 0 Å². The minimum atomic E-state index is -0.749. The molecule has 0 radical (unpaired) electrons. The lowest BCUT2D eigenvalue weighted by atomic mass is 10.2. The minimum Gasteiger partial charge on any atom is -0.485 e. The van der Waals surface area contributed by atoms with Gasteiger partial charge in [0.1, 0.15) is 12.4 Å². The first-order valence-corrected chi connectivity index (χ1v) is 8.42. The van der Waals surface area contributed by atoms with Crippen molar-refractivity contribution in [1.82, 2.24) is 0 Å². The van der Waals surface area contributed by atoms with E-state index in [0.717, 1.165) is 0 Å². The molecule has 2 aromatic carbocycles. The Morgan fingerprint density at radius 3 is 2.77 bits per heavy atom. The minimum absolute atomic E-state index is 0.0270. The number of hydrogen-bond acceptors (Lipinski definition) is 5. The van der Waals surface area contributed by atoms with E-state index in [9.17, 15) is 9.59 Å². The standard InChI is InChI=1S/C19H18N2O5/c1-2-21-13-9-12(7-8-14(13)25-11-18(21)22)20-19(23)17-10-24-15-5-3-4-6-16(15)26-17/h3-9,17H,2,10-11H2,1H3,(H,20,23)/t17-/m0/s1. The molecular weight excluding hydrogens is 336 g/mol. The molecule has 2 aliphatic heterocycles. The summed E-state index contributed by atoms with van der Waals surface area (Å²) in [7, 11) is 0. The quantitative estimate of drug-likeness (QED) is 0.914. The third kappa shape index (κ3) is 2.92. The fourth-order valence-electron chi connectivity index (χ4n) is 3.00. The predicted octanol–water partition coefficient (Wildman–Crippen LogP) is 2.21. The average molecular weight is 354 g/mol. The largest absolute Gasteiger partial charge is 0.485 e. The maximum absolute atomic E-state index is 12.5. The molecular formula is C19H18N2O5. The first-order chi connectivity index (χ1) is 12.7. The molecule has 2 aromatic rings. The summed E-state index contributed by atoms with van der Waals surface area (Å²) in [6, 6.07) is 12.4.